The first-order valence-electron chi connectivity index (χ1n) is 9.00. The molecular weight excluding hydrogens is 385 g/mol. The van der Waals surface area contributed by atoms with E-state index in [1.54, 1.807) is 30.3 Å². The Morgan fingerprint density at radius 1 is 1.17 bits per heavy atom. The number of halogens is 3. The third kappa shape index (κ3) is 3.83. The molecule has 0 unspecified atom stereocenters. The van der Waals surface area contributed by atoms with E-state index < -0.39 is 42.6 Å². The van der Waals surface area contributed by atoms with Gasteiger partial charge in [0.15, 0.2) is 5.78 Å². The van der Waals surface area contributed by atoms with Crippen LogP contribution in [0, 0.1) is 5.82 Å². The maximum atomic E-state index is 14.1. The van der Waals surface area contributed by atoms with Gasteiger partial charge in [-0.25, -0.2) is 18.0 Å². The monoisotopic (exact) mass is 402 g/mol. The largest absolute Gasteiger partial charge is 0.445 e. The number of benzene rings is 2. The molecule has 150 valence electrons. The van der Waals surface area contributed by atoms with Crippen LogP contribution in [0.3, 0.4) is 0 Å². The van der Waals surface area contributed by atoms with Crippen molar-refractivity contribution in [3.05, 3.63) is 71.7 Å². The molecule has 1 saturated heterocycles. The molecule has 0 saturated carbocycles. The first-order valence-corrected chi connectivity index (χ1v) is 9.00. The maximum absolute atomic E-state index is 14.1. The van der Waals surface area contributed by atoms with Crippen molar-refractivity contribution in [2.45, 2.75) is 25.0 Å². The van der Waals surface area contributed by atoms with Crippen molar-refractivity contribution >= 4 is 22.8 Å². The van der Waals surface area contributed by atoms with E-state index in [-0.39, 0.29) is 12.2 Å². The first kappa shape index (κ1) is 19.0. The molecule has 2 heterocycles. The molecule has 0 aliphatic carbocycles. The van der Waals surface area contributed by atoms with Crippen molar-refractivity contribution in [1.82, 2.24) is 9.88 Å². The van der Waals surface area contributed by atoms with Crippen LogP contribution in [0.4, 0.5) is 18.0 Å². The van der Waals surface area contributed by atoms with Crippen LogP contribution < -0.4 is 0 Å². The number of carbonyl (C=O) groups is 2. The number of fused-ring (bicyclic) bond motifs is 1. The second-order valence-electron chi connectivity index (χ2n) is 7.00. The Kier molecular flexibility index (Phi) is 4.77. The lowest BCUT2D eigenvalue weighted by Crippen LogP contribution is -2.41. The molecule has 1 N–H and O–H groups in total. The summed E-state index contributed by atoms with van der Waals surface area (Å²) >= 11 is 0. The minimum Gasteiger partial charge on any atom is -0.445 e. The third-order valence-electron chi connectivity index (χ3n) is 4.92. The Balaban J connectivity index is 1.56. The van der Waals surface area contributed by atoms with Gasteiger partial charge in [-0.05, 0) is 23.8 Å². The van der Waals surface area contributed by atoms with Crippen LogP contribution in [0.5, 0.6) is 0 Å². The Morgan fingerprint density at radius 2 is 1.93 bits per heavy atom. The molecule has 1 aliphatic heterocycles. The highest BCUT2D eigenvalue weighted by Crippen LogP contribution is 2.35. The predicted octanol–water partition coefficient (Wildman–Crippen LogP) is 4.54. The summed E-state index contributed by atoms with van der Waals surface area (Å²) in [5.41, 5.74) is 1.20. The van der Waals surface area contributed by atoms with Gasteiger partial charge in [-0.1, -0.05) is 30.3 Å². The molecule has 0 bridgehead atoms. The number of aromatic nitrogens is 1. The predicted molar refractivity (Wildman–Crippen MR) is 99.3 cm³/mol. The second kappa shape index (κ2) is 7.27. The summed E-state index contributed by atoms with van der Waals surface area (Å²) in [6.07, 6.45) is -0.425. The van der Waals surface area contributed by atoms with Crippen LogP contribution in [-0.2, 0) is 11.3 Å². The van der Waals surface area contributed by atoms with E-state index in [1.165, 1.54) is 24.4 Å². The van der Waals surface area contributed by atoms with Crippen molar-refractivity contribution in [1.29, 1.82) is 0 Å². The fourth-order valence-electron chi connectivity index (χ4n) is 3.53. The molecule has 4 rings (SSSR count). The summed E-state index contributed by atoms with van der Waals surface area (Å²) in [5.74, 6) is -4.34. The number of nitrogens with one attached hydrogen (secondary N) is 1. The average Bonchev–Trinajstić information content (AvgIpc) is 3.26. The Hall–Kier alpha value is -3.29. The van der Waals surface area contributed by atoms with Crippen LogP contribution in [-0.4, -0.2) is 40.3 Å². The van der Waals surface area contributed by atoms with E-state index in [1.807, 2.05) is 0 Å². The zero-order valence-electron chi connectivity index (χ0n) is 15.2. The molecule has 2 aromatic carbocycles. The number of likely N-dealkylation sites (tertiary alicyclic amines) is 1. The molecule has 5 nitrogen and oxygen atoms in total. The quantitative estimate of drug-likeness (QED) is 0.652. The lowest BCUT2D eigenvalue weighted by Gasteiger charge is -2.22. The average molecular weight is 402 g/mol. The van der Waals surface area contributed by atoms with E-state index in [0.717, 1.165) is 4.90 Å². The SMILES string of the molecule is O=C(c1c[nH]c2cc(F)ccc12)[C@@H]1CC(F)(F)CN1C(=O)OCc1ccccc1. The number of carbonyl (C=O) groups excluding carboxylic acids is 2. The first-order chi connectivity index (χ1) is 13.8. The number of aromatic amines is 1. The van der Waals surface area contributed by atoms with E-state index >= 15 is 0 Å². The van der Waals surface area contributed by atoms with Crippen LogP contribution in [0.15, 0.2) is 54.7 Å². The fourth-order valence-corrected chi connectivity index (χ4v) is 3.53. The standard InChI is InChI=1S/C21H17F3N2O3/c22-14-6-7-15-16(10-25-17(15)8-14)19(27)18-9-21(23,24)12-26(18)20(28)29-11-13-4-2-1-3-5-13/h1-8,10,18,25H,9,11-12H2/t18-/m0/s1. The van der Waals surface area contributed by atoms with Gasteiger partial charge in [0.1, 0.15) is 18.5 Å². The lowest BCUT2D eigenvalue weighted by molar-refractivity contribution is 0.0101. The van der Waals surface area contributed by atoms with Gasteiger partial charge < -0.3 is 9.72 Å². The van der Waals surface area contributed by atoms with Crippen LogP contribution in [0.1, 0.15) is 22.3 Å². The number of amides is 1. The zero-order chi connectivity index (χ0) is 20.6. The normalized spacial score (nSPS) is 18.2. The third-order valence-corrected chi connectivity index (χ3v) is 4.92. The molecule has 0 spiro atoms. The summed E-state index contributed by atoms with van der Waals surface area (Å²) in [6.45, 7) is -0.983. The Labute approximate surface area is 164 Å². The summed E-state index contributed by atoms with van der Waals surface area (Å²) in [5, 5.41) is 0.407. The summed E-state index contributed by atoms with van der Waals surface area (Å²) in [6, 6.07) is 11.2. The van der Waals surface area contributed by atoms with Crippen molar-refractivity contribution in [2.24, 2.45) is 0 Å². The number of ether oxygens (including phenoxy) is 1. The molecule has 1 aromatic heterocycles. The highest BCUT2D eigenvalue weighted by Gasteiger charge is 2.51. The number of hydrogen-bond donors (Lipinski definition) is 1. The van der Waals surface area contributed by atoms with Crippen molar-refractivity contribution in [3.8, 4) is 0 Å². The molecule has 1 aliphatic rings. The number of alkyl halides is 2. The van der Waals surface area contributed by atoms with Crippen molar-refractivity contribution in [3.63, 3.8) is 0 Å². The molecular formula is C21H17F3N2O3. The number of nitrogens with zero attached hydrogens (tertiary/aromatic N) is 1. The molecule has 29 heavy (non-hydrogen) atoms. The Bertz CT molecular complexity index is 1070. The van der Waals surface area contributed by atoms with Gasteiger partial charge in [-0.2, -0.15) is 0 Å². The van der Waals surface area contributed by atoms with Gasteiger partial charge >= 0.3 is 6.09 Å². The number of Topliss-reactive ketones (excluding diaryl/α,β-unsaturated/α-hetero) is 1. The van der Waals surface area contributed by atoms with E-state index in [2.05, 4.69) is 4.98 Å². The molecule has 0 radical (unpaired) electrons. The van der Waals surface area contributed by atoms with Gasteiger partial charge in [-0.3, -0.25) is 9.69 Å². The maximum Gasteiger partial charge on any atom is 0.410 e. The van der Waals surface area contributed by atoms with Gasteiger partial charge in [0.25, 0.3) is 5.92 Å². The number of H-pyrrole nitrogens is 1. The molecule has 8 heteroatoms. The van der Waals surface area contributed by atoms with Gasteiger partial charge in [0, 0.05) is 29.1 Å². The van der Waals surface area contributed by atoms with Gasteiger partial charge in [0.05, 0.1) is 6.54 Å². The van der Waals surface area contributed by atoms with E-state index in [4.69, 9.17) is 4.74 Å². The van der Waals surface area contributed by atoms with Gasteiger partial charge in [-0.15, -0.1) is 0 Å². The number of ketones is 1. The highest BCUT2D eigenvalue weighted by atomic mass is 19.3. The minimum absolute atomic E-state index is 0.0883. The number of rotatable bonds is 4. The summed E-state index contributed by atoms with van der Waals surface area (Å²) in [7, 11) is 0. The lowest BCUT2D eigenvalue weighted by atomic mass is 10.0. The summed E-state index contributed by atoms with van der Waals surface area (Å²) < 4.78 is 46.7. The second-order valence-corrected chi connectivity index (χ2v) is 7.00. The smallest absolute Gasteiger partial charge is 0.410 e. The molecule has 1 fully saturated rings. The Morgan fingerprint density at radius 3 is 2.69 bits per heavy atom. The van der Waals surface area contributed by atoms with Crippen LogP contribution in [0.2, 0.25) is 0 Å². The van der Waals surface area contributed by atoms with Crippen LogP contribution >= 0.6 is 0 Å². The van der Waals surface area contributed by atoms with Crippen molar-refractivity contribution in [2.75, 3.05) is 6.54 Å². The molecule has 1 amide bonds. The van der Waals surface area contributed by atoms with Gasteiger partial charge in [0.2, 0.25) is 0 Å². The zero-order valence-corrected chi connectivity index (χ0v) is 15.2. The van der Waals surface area contributed by atoms with Crippen molar-refractivity contribution < 1.29 is 27.5 Å². The molecule has 1 atom stereocenters. The van der Waals surface area contributed by atoms with Crippen LogP contribution in [0.25, 0.3) is 10.9 Å². The number of hydrogen-bond acceptors (Lipinski definition) is 3. The summed E-state index contributed by atoms with van der Waals surface area (Å²) in [4.78, 5) is 29.0. The highest BCUT2D eigenvalue weighted by molar-refractivity contribution is 6.11. The molecule has 3 aromatic rings. The van der Waals surface area contributed by atoms with E-state index in [9.17, 15) is 22.8 Å². The van der Waals surface area contributed by atoms with E-state index in [0.29, 0.717) is 16.5 Å². The fraction of sp³-hybridized carbons (Fsp3) is 0.238. The topological polar surface area (TPSA) is 62.4 Å². The minimum atomic E-state index is -3.20.